The topological polar surface area (TPSA) is 116 Å². The van der Waals surface area contributed by atoms with E-state index in [1.807, 2.05) is 30.3 Å². The Balaban J connectivity index is 0.000000880. The van der Waals surface area contributed by atoms with Crippen LogP contribution in [0.15, 0.2) is 53.8 Å². The lowest BCUT2D eigenvalue weighted by Crippen LogP contribution is -2.28. The molecule has 0 saturated carbocycles. The van der Waals surface area contributed by atoms with Crippen molar-refractivity contribution in [1.82, 2.24) is 9.97 Å². The van der Waals surface area contributed by atoms with Crippen LogP contribution in [0, 0.1) is 0 Å². The van der Waals surface area contributed by atoms with Gasteiger partial charge >= 0.3 is 0 Å². The molecular weight excluding hydrogens is 318 g/mol. The molecule has 0 fully saturated rings. The van der Waals surface area contributed by atoms with Gasteiger partial charge in [0.15, 0.2) is 11.7 Å². The molecule has 7 nitrogen and oxygen atoms in total. The SMILES string of the molecule is CN.NC1=Nc2nccc(Oc3cccc4ncccc34)c2CC1=O. The van der Waals surface area contributed by atoms with Crippen molar-refractivity contribution >= 4 is 28.3 Å². The second-order valence-electron chi connectivity index (χ2n) is 5.14. The van der Waals surface area contributed by atoms with Crippen molar-refractivity contribution < 1.29 is 9.53 Å². The van der Waals surface area contributed by atoms with Crippen LogP contribution in [0.4, 0.5) is 5.82 Å². The first kappa shape index (κ1) is 16.5. The van der Waals surface area contributed by atoms with Gasteiger partial charge in [-0.25, -0.2) is 9.98 Å². The first-order valence-electron chi connectivity index (χ1n) is 7.67. The monoisotopic (exact) mass is 335 g/mol. The van der Waals surface area contributed by atoms with Crippen molar-refractivity contribution in [2.75, 3.05) is 7.05 Å². The molecule has 1 aliphatic heterocycles. The second-order valence-corrected chi connectivity index (χ2v) is 5.14. The number of hydrogen-bond acceptors (Lipinski definition) is 7. The van der Waals surface area contributed by atoms with Crippen molar-refractivity contribution in [3.8, 4) is 11.5 Å². The summed E-state index contributed by atoms with van der Waals surface area (Å²) in [5.41, 5.74) is 11.6. The molecule has 0 saturated heterocycles. The first-order chi connectivity index (χ1) is 12.2. The minimum absolute atomic E-state index is 0.0171. The van der Waals surface area contributed by atoms with Crippen LogP contribution in [0.1, 0.15) is 5.56 Å². The minimum atomic E-state index is -0.227. The van der Waals surface area contributed by atoms with Gasteiger partial charge in [-0.1, -0.05) is 6.07 Å². The van der Waals surface area contributed by atoms with Crippen LogP contribution in [0.2, 0.25) is 0 Å². The number of carbonyl (C=O) groups is 1. The zero-order chi connectivity index (χ0) is 17.8. The molecule has 3 aromatic rings. The second kappa shape index (κ2) is 7.06. The maximum atomic E-state index is 11.8. The molecule has 0 amide bonds. The third-order valence-corrected chi connectivity index (χ3v) is 3.67. The van der Waals surface area contributed by atoms with Gasteiger partial charge in [0.2, 0.25) is 5.78 Å². The molecule has 0 atom stereocenters. The molecule has 4 rings (SSSR count). The third-order valence-electron chi connectivity index (χ3n) is 3.67. The normalized spacial score (nSPS) is 12.7. The van der Waals surface area contributed by atoms with Gasteiger partial charge in [-0.3, -0.25) is 9.78 Å². The van der Waals surface area contributed by atoms with Gasteiger partial charge in [-0.2, -0.15) is 0 Å². The van der Waals surface area contributed by atoms with E-state index in [9.17, 15) is 4.79 Å². The number of nitrogens with two attached hydrogens (primary N) is 2. The summed E-state index contributed by atoms with van der Waals surface area (Å²) in [6, 6.07) is 11.2. The Morgan fingerprint density at radius 2 is 1.84 bits per heavy atom. The number of benzene rings is 1. The van der Waals surface area contributed by atoms with Gasteiger partial charge in [0, 0.05) is 29.8 Å². The standard InChI is InChI=1S/C17H12N4O2.CH5N/c18-16-13(22)9-11-15(6-8-20-17(11)21-16)23-14-5-1-4-12-10(14)3-2-7-19-12;1-2/h1-8H,9H2,(H2,18,20,21);2H2,1H3. The van der Waals surface area contributed by atoms with E-state index in [0.29, 0.717) is 22.9 Å². The summed E-state index contributed by atoms with van der Waals surface area (Å²) in [7, 11) is 1.50. The zero-order valence-corrected chi connectivity index (χ0v) is 13.6. The van der Waals surface area contributed by atoms with Crippen LogP contribution in [0.5, 0.6) is 11.5 Å². The number of amidine groups is 1. The quantitative estimate of drug-likeness (QED) is 0.741. The first-order valence-corrected chi connectivity index (χ1v) is 7.67. The van der Waals surface area contributed by atoms with Crippen molar-refractivity contribution in [2.24, 2.45) is 16.5 Å². The largest absolute Gasteiger partial charge is 0.456 e. The number of aromatic nitrogens is 2. The van der Waals surface area contributed by atoms with Gasteiger partial charge in [-0.15, -0.1) is 0 Å². The summed E-state index contributed by atoms with van der Waals surface area (Å²) in [5.74, 6) is 1.40. The summed E-state index contributed by atoms with van der Waals surface area (Å²) in [4.78, 5) is 24.3. The fourth-order valence-corrected chi connectivity index (χ4v) is 2.53. The summed E-state index contributed by atoms with van der Waals surface area (Å²) < 4.78 is 6.03. The Kier molecular flexibility index (Phi) is 4.67. The van der Waals surface area contributed by atoms with Crippen LogP contribution in [0.3, 0.4) is 0 Å². The number of nitrogens with zero attached hydrogens (tertiary/aromatic N) is 3. The summed E-state index contributed by atoms with van der Waals surface area (Å²) >= 11 is 0. The van der Waals surface area contributed by atoms with Gasteiger partial charge in [0.05, 0.1) is 5.52 Å². The van der Waals surface area contributed by atoms with Crippen molar-refractivity contribution in [1.29, 1.82) is 0 Å². The highest BCUT2D eigenvalue weighted by molar-refractivity contribution is 6.40. The van der Waals surface area contributed by atoms with Crippen molar-refractivity contribution in [3.63, 3.8) is 0 Å². The number of ether oxygens (including phenoxy) is 1. The smallest absolute Gasteiger partial charge is 0.202 e. The molecule has 0 aliphatic carbocycles. The van der Waals surface area contributed by atoms with Gasteiger partial charge < -0.3 is 16.2 Å². The minimum Gasteiger partial charge on any atom is -0.456 e. The molecule has 0 unspecified atom stereocenters. The summed E-state index contributed by atoms with van der Waals surface area (Å²) in [6.07, 6.45) is 3.46. The van der Waals surface area contributed by atoms with Gasteiger partial charge in [0.1, 0.15) is 11.5 Å². The van der Waals surface area contributed by atoms with Crippen LogP contribution in [-0.4, -0.2) is 28.6 Å². The molecule has 4 N–H and O–H groups in total. The predicted molar refractivity (Wildman–Crippen MR) is 96.2 cm³/mol. The molecule has 0 bridgehead atoms. The molecular formula is C18H17N5O2. The molecule has 0 radical (unpaired) electrons. The number of Topliss-reactive ketones (excluding diaryl/α,β-unsaturated/α-hetero) is 1. The average Bonchev–Trinajstić information content (AvgIpc) is 2.65. The van der Waals surface area contributed by atoms with E-state index >= 15 is 0 Å². The average molecular weight is 335 g/mol. The molecule has 2 aromatic heterocycles. The molecule has 126 valence electrons. The fourth-order valence-electron chi connectivity index (χ4n) is 2.53. The van der Waals surface area contributed by atoms with Crippen molar-refractivity contribution in [2.45, 2.75) is 6.42 Å². The molecule has 3 heterocycles. The number of aliphatic imine (C=N–C) groups is 1. The van der Waals surface area contributed by atoms with E-state index in [2.05, 4.69) is 20.7 Å². The van der Waals surface area contributed by atoms with Crippen LogP contribution < -0.4 is 16.2 Å². The molecule has 25 heavy (non-hydrogen) atoms. The van der Waals surface area contributed by atoms with Crippen molar-refractivity contribution in [3.05, 3.63) is 54.4 Å². The number of carbonyl (C=O) groups excluding carboxylic acids is 1. The Morgan fingerprint density at radius 1 is 1.00 bits per heavy atom. The Labute approximate surface area is 144 Å². The van der Waals surface area contributed by atoms with E-state index < -0.39 is 0 Å². The van der Waals surface area contributed by atoms with Crippen LogP contribution in [-0.2, 0) is 11.2 Å². The number of pyridine rings is 2. The van der Waals surface area contributed by atoms with E-state index in [4.69, 9.17) is 10.5 Å². The van der Waals surface area contributed by atoms with Crippen LogP contribution in [0.25, 0.3) is 10.9 Å². The van der Waals surface area contributed by atoms with E-state index in [0.717, 1.165) is 10.9 Å². The number of fused-ring (bicyclic) bond motifs is 2. The lowest BCUT2D eigenvalue weighted by molar-refractivity contribution is -0.112. The highest BCUT2D eigenvalue weighted by Crippen LogP contribution is 2.35. The summed E-state index contributed by atoms with van der Waals surface area (Å²) in [6.45, 7) is 0. The Morgan fingerprint density at radius 3 is 2.68 bits per heavy atom. The number of rotatable bonds is 2. The third kappa shape index (κ3) is 3.17. The molecule has 0 spiro atoms. The zero-order valence-electron chi connectivity index (χ0n) is 13.6. The maximum absolute atomic E-state index is 11.8. The Bertz CT molecular complexity index is 963. The summed E-state index contributed by atoms with van der Waals surface area (Å²) in [5, 5.41) is 0.894. The van der Waals surface area contributed by atoms with E-state index in [1.54, 1.807) is 18.5 Å². The van der Waals surface area contributed by atoms with Gasteiger partial charge in [-0.05, 0) is 37.4 Å². The highest BCUT2D eigenvalue weighted by Gasteiger charge is 2.23. The number of ketones is 1. The lowest BCUT2D eigenvalue weighted by atomic mass is 10.1. The highest BCUT2D eigenvalue weighted by atomic mass is 16.5. The molecule has 1 aliphatic rings. The van der Waals surface area contributed by atoms with Crippen LogP contribution >= 0.6 is 0 Å². The molecule has 1 aromatic carbocycles. The lowest BCUT2D eigenvalue weighted by Gasteiger charge is -2.16. The van der Waals surface area contributed by atoms with E-state index in [1.165, 1.54) is 7.05 Å². The molecule has 7 heteroatoms. The van der Waals surface area contributed by atoms with Gasteiger partial charge in [0.25, 0.3) is 0 Å². The fraction of sp³-hybridized carbons (Fsp3) is 0.111. The van der Waals surface area contributed by atoms with E-state index in [-0.39, 0.29) is 18.0 Å². The maximum Gasteiger partial charge on any atom is 0.202 e. The Hall–Kier alpha value is -3.32. The predicted octanol–water partition coefficient (Wildman–Crippen LogP) is 2.11. The number of hydrogen-bond donors (Lipinski definition) is 2.